The second-order valence-corrected chi connectivity index (χ2v) is 2.81. The minimum atomic E-state index is -0.603. The van der Waals surface area contributed by atoms with Crippen LogP contribution < -0.4 is 16.4 Å². The third-order valence-corrected chi connectivity index (χ3v) is 1.20. The highest BCUT2D eigenvalue weighted by Gasteiger charge is 2.21. The van der Waals surface area contributed by atoms with Crippen LogP contribution in [-0.2, 0) is 0 Å². The van der Waals surface area contributed by atoms with E-state index in [-0.39, 0.29) is 5.96 Å². The average Bonchev–Trinajstić information content (AvgIpc) is 1.82. The number of guanidine groups is 2. The number of nitriles is 1. The van der Waals surface area contributed by atoms with Gasteiger partial charge >= 0.3 is 0 Å². The van der Waals surface area contributed by atoms with Crippen LogP contribution in [0.5, 0.6) is 0 Å². The van der Waals surface area contributed by atoms with E-state index in [1.807, 2.05) is 0 Å². The highest BCUT2D eigenvalue weighted by atomic mass is 15.3. The standard InChI is InChI=1S/C6H10N6/c1-6(2)11-4(8)10-5(12-6)9-3-7/h1-2H3,(H4,8,9,10,11,12). The summed E-state index contributed by atoms with van der Waals surface area (Å²) < 4.78 is 0. The van der Waals surface area contributed by atoms with Crippen LogP contribution in [0.15, 0.2) is 9.98 Å². The fourth-order valence-electron chi connectivity index (χ4n) is 0.883. The van der Waals surface area contributed by atoms with Gasteiger partial charge in [0, 0.05) is 0 Å². The van der Waals surface area contributed by atoms with E-state index in [4.69, 9.17) is 11.0 Å². The molecule has 0 saturated carbocycles. The van der Waals surface area contributed by atoms with Crippen molar-refractivity contribution >= 4 is 11.9 Å². The molecule has 0 aromatic heterocycles. The van der Waals surface area contributed by atoms with Gasteiger partial charge in [-0.1, -0.05) is 0 Å². The van der Waals surface area contributed by atoms with Gasteiger partial charge in [0.25, 0.3) is 0 Å². The van der Waals surface area contributed by atoms with E-state index < -0.39 is 5.66 Å². The van der Waals surface area contributed by atoms with Crippen molar-refractivity contribution in [1.29, 1.82) is 5.26 Å². The Balaban J connectivity index is 2.82. The van der Waals surface area contributed by atoms with Gasteiger partial charge in [-0.2, -0.15) is 5.26 Å². The molecule has 0 aliphatic carbocycles. The summed E-state index contributed by atoms with van der Waals surface area (Å²) in [7, 11) is 0. The highest BCUT2D eigenvalue weighted by molar-refractivity contribution is 6.00. The molecule has 0 radical (unpaired) electrons. The molecule has 0 atom stereocenters. The monoisotopic (exact) mass is 166 g/mol. The molecular formula is C6H10N6. The van der Waals surface area contributed by atoms with Crippen molar-refractivity contribution in [2.75, 3.05) is 0 Å². The molecular weight excluding hydrogens is 156 g/mol. The molecule has 64 valence electrons. The first-order valence-corrected chi connectivity index (χ1v) is 3.41. The number of rotatable bonds is 0. The van der Waals surface area contributed by atoms with Gasteiger partial charge in [-0.15, -0.1) is 0 Å². The van der Waals surface area contributed by atoms with Gasteiger partial charge in [0.2, 0.25) is 5.96 Å². The fourth-order valence-corrected chi connectivity index (χ4v) is 0.883. The molecule has 0 saturated heterocycles. The van der Waals surface area contributed by atoms with Crippen LogP contribution in [0.1, 0.15) is 13.8 Å². The maximum Gasteiger partial charge on any atom is 0.213 e. The molecule has 0 fully saturated rings. The normalized spacial score (nSPS) is 19.8. The Morgan fingerprint density at radius 2 is 2.25 bits per heavy atom. The van der Waals surface area contributed by atoms with Crippen molar-refractivity contribution in [3.63, 3.8) is 0 Å². The van der Waals surface area contributed by atoms with Crippen LogP contribution in [0, 0.1) is 11.5 Å². The Bertz CT molecular complexity index is 281. The summed E-state index contributed by atoms with van der Waals surface area (Å²) in [4.78, 5) is 8.05. The summed E-state index contributed by atoms with van der Waals surface area (Å²) >= 11 is 0. The molecule has 12 heavy (non-hydrogen) atoms. The molecule has 4 N–H and O–H groups in total. The Morgan fingerprint density at radius 3 is 2.75 bits per heavy atom. The lowest BCUT2D eigenvalue weighted by Gasteiger charge is -2.22. The number of nitrogens with two attached hydrogens (primary N) is 1. The molecule has 1 rings (SSSR count). The summed E-state index contributed by atoms with van der Waals surface area (Å²) in [5.74, 6) is 0.586. The van der Waals surface area contributed by atoms with Crippen LogP contribution in [0.3, 0.4) is 0 Å². The zero-order chi connectivity index (χ0) is 9.19. The maximum atomic E-state index is 8.31. The molecule has 6 nitrogen and oxygen atoms in total. The predicted octanol–water partition coefficient (Wildman–Crippen LogP) is -0.933. The molecule has 1 aliphatic heterocycles. The fraction of sp³-hybridized carbons (Fsp3) is 0.500. The number of hydrogen-bond acceptors (Lipinski definition) is 6. The van der Waals surface area contributed by atoms with E-state index in [9.17, 15) is 0 Å². The zero-order valence-corrected chi connectivity index (χ0v) is 6.92. The van der Waals surface area contributed by atoms with Crippen molar-refractivity contribution in [2.45, 2.75) is 19.5 Å². The number of nitrogens with zero attached hydrogens (tertiary/aromatic N) is 3. The Morgan fingerprint density at radius 1 is 1.58 bits per heavy atom. The van der Waals surface area contributed by atoms with Gasteiger partial charge in [0.15, 0.2) is 17.8 Å². The second-order valence-electron chi connectivity index (χ2n) is 2.81. The Labute approximate surface area is 70.2 Å². The van der Waals surface area contributed by atoms with E-state index in [1.165, 1.54) is 0 Å². The number of aliphatic imine (C=N–C) groups is 2. The van der Waals surface area contributed by atoms with Crippen molar-refractivity contribution in [3.8, 4) is 6.19 Å². The minimum absolute atomic E-state index is 0.257. The lowest BCUT2D eigenvalue weighted by atomic mass is 10.3. The van der Waals surface area contributed by atoms with Crippen molar-refractivity contribution in [2.24, 2.45) is 15.7 Å². The van der Waals surface area contributed by atoms with Gasteiger partial charge in [-0.25, -0.2) is 9.98 Å². The van der Waals surface area contributed by atoms with Crippen LogP contribution in [0.4, 0.5) is 0 Å². The lowest BCUT2D eigenvalue weighted by molar-refractivity contribution is 0.538. The first-order valence-electron chi connectivity index (χ1n) is 3.41. The van der Waals surface area contributed by atoms with Crippen LogP contribution in [-0.4, -0.2) is 17.6 Å². The van der Waals surface area contributed by atoms with Crippen molar-refractivity contribution in [3.05, 3.63) is 0 Å². The topological polar surface area (TPSA) is 98.6 Å². The summed E-state index contributed by atoms with van der Waals surface area (Å²) in [6, 6.07) is 0. The van der Waals surface area contributed by atoms with Gasteiger partial charge in [0.05, 0.1) is 0 Å². The average molecular weight is 166 g/mol. The van der Waals surface area contributed by atoms with Crippen molar-refractivity contribution in [1.82, 2.24) is 10.6 Å². The summed E-state index contributed by atoms with van der Waals surface area (Å²) in [6.07, 6.45) is 1.74. The Hall–Kier alpha value is -1.77. The minimum Gasteiger partial charge on any atom is -0.370 e. The first kappa shape index (κ1) is 8.33. The molecule has 1 aliphatic rings. The third kappa shape index (κ3) is 1.85. The van der Waals surface area contributed by atoms with E-state index >= 15 is 0 Å². The molecule has 0 aromatic carbocycles. The predicted molar refractivity (Wildman–Crippen MR) is 45.0 cm³/mol. The smallest absolute Gasteiger partial charge is 0.213 e. The van der Waals surface area contributed by atoms with Crippen molar-refractivity contribution < 1.29 is 0 Å². The van der Waals surface area contributed by atoms with E-state index in [0.29, 0.717) is 5.96 Å². The van der Waals surface area contributed by atoms with Gasteiger partial charge in [-0.3, -0.25) is 10.6 Å². The zero-order valence-electron chi connectivity index (χ0n) is 6.92. The largest absolute Gasteiger partial charge is 0.370 e. The molecule has 0 bridgehead atoms. The van der Waals surface area contributed by atoms with Gasteiger partial charge < -0.3 is 5.73 Å². The van der Waals surface area contributed by atoms with E-state index in [1.54, 1.807) is 20.0 Å². The molecule has 1 heterocycles. The van der Waals surface area contributed by atoms with Crippen LogP contribution in [0.2, 0.25) is 0 Å². The van der Waals surface area contributed by atoms with E-state index in [2.05, 4.69) is 20.6 Å². The third-order valence-electron chi connectivity index (χ3n) is 1.20. The molecule has 0 unspecified atom stereocenters. The Kier molecular flexibility index (Phi) is 1.87. The van der Waals surface area contributed by atoms with Gasteiger partial charge in [0.1, 0.15) is 0 Å². The molecule has 0 amide bonds. The second kappa shape index (κ2) is 2.70. The SMILES string of the molecule is CC1(C)N=C(N)NC(NC#N)=N1. The number of hydrogen-bond donors (Lipinski definition) is 3. The van der Waals surface area contributed by atoms with Crippen LogP contribution in [0.25, 0.3) is 0 Å². The molecule has 0 aromatic rings. The lowest BCUT2D eigenvalue weighted by Crippen LogP contribution is -2.48. The van der Waals surface area contributed by atoms with E-state index in [0.717, 1.165) is 0 Å². The molecule has 6 heteroatoms. The first-order chi connectivity index (χ1) is 5.53. The highest BCUT2D eigenvalue weighted by Crippen LogP contribution is 2.11. The quantitative estimate of drug-likeness (QED) is 0.319. The summed E-state index contributed by atoms with van der Waals surface area (Å²) in [5.41, 5.74) is 4.84. The number of nitrogens with one attached hydrogen (secondary N) is 2. The summed E-state index contributed by atoms with van der Waals surface area (Å²) in [5, 5.41) is 13.3. The van der Waals surface area contributed by atoms with Gasteiger partial charge in [-0.05, 0) is 13.8 Å². The van der Waals surface area contributed by atoms with Crippen LogP contribution >= 0.6 is 0 Å². The maximum absolute atomic E-state index is 8.31. The molecule has 0 spiro atoms. The summed E-state index contributed by atoms with van der Waals surface area (Å²) in [6.45, 7) is 3.58.